The molecule has 1 atom stereocenters. The highest BCUT2D eigenvalue weighted by Gasteiger charge is 2.30. The summed E-state index contributed by atoms with van der Waals surface area (Å²) in [5.41, 5.74) is -0.243. The molecule has 1 saturated heterocycles. The minimum absolute atomic E-state index is 0. The number of benzene rings is 1. The first-order valence-corrected chi connectivity index (χ1v) is 7.97. The summed E-state index contributed by atoms with van der Waals surface area (Å²) in [6, 6.07) is 2.86. The van der Waals surface area contributed by atoms with Gasteiger partial charge in [-0.2, -0.15) is 0 Å². The van der Waals surface area contributed by atoms with E-state index in [0.717, 1.165) is 12.8 Å². The number of rotatable bonds is 6. The van der Waals surface area contributed by atoms with E-state index < -0.39 is 4.92 Å². The number of carbonyl (C=O) groups excluding carboxylic acids is 1. The summed E-state index contributed by atoms with van der Waals surface area (Å²) in [5.74, 6) is 0.214. The van der Waals surface area contributed by atoms with Gasteiger partial charge in [0.05, 0.1) is 24.7 Å². The zero-order valence-corrected chi connectivity index (χ0v) is 15.4. The molecule has 0 aliphatic carbocycles. The van der Waals surface area contributed by atoms with E-state index in [0.29, 0.717) is 25.4 Å². The zero-order valence-electron chi connectivity index (χ0n) is 14.6. The molecule has 140 valence electrons. The number of carbonyl (C=O) groups is 1. The number of nitro benzene ring substituents is 1. The summed E-state index contributed by atoms with van der Waals surface area (Å²) in [7, 11) is 3.29. The first-order valence-electron chi connectivity index (χ1n) is 7.97. The molecule has 9 heteroatoms. The lowest BCUT2D eigenvalue weighted by molar-refractivity contribution is -0.385. The van der Waals surface area contributed by atoms with Gasteiger partial charge in [0.1, 0.15) is 5.56 Å². The largest absolute Gasteiger partial charge is 0.493 e. The topological polar surface area (TPSA) is 93.9 Å². The number of methoxy groups -OCH3 is 1. The normalized spacial score (nSPS) is 16.8. The molecule has 1 heterocycles. The fraction of sp³-hybridized carbons (Fsp3) is 0.562. The molecule has 8 nitrogen and oxygen atoms in total. The predicted molar refractivity (Wildman–Crippen MR) is 96.1 cm³/mol. The number of amides is 1. The van der Waals surface area contributed by atoms with Crippen LogP contribution in [0.15, 0.2) is 12.1 Å². The number of halogens is 1. The standard InChI is InChI=1S/C16H23N3O5.ClH/c1-4-24-15-9-13(19(21)22)12(8-14(15)23-3)16(20)18-7-5-6-11(10-18)17-2;/h8-9,11,17H,4-7,10H2,1-3H3;1H. The van der Waals surface area contributed by atoms with Gasteiger partial charge in [0.25, 0.3) is 11.6 Å². The molecule has 0 bridgehead atoms. The summed E-state index contributed by atoms with van der Waals surface area (Å²) in [6.45, 7) is 3.23. The first-order chi connectivity index (χ1) is 11.5. The van der Waals surface area contributed by atoms with E-state index in [4.69, 9.17) is 9.47 Å². The van der Waals surface area contributed by atoms with E-state index in [-0.39, 0.29) is 41.4 Å². The number of hydrogen-bond acceptors (Lipinski definition) is 6. The Bertz CT molecular complexity index is 626. The Kier molecular flexibility index (Phi) is 7.92. The van der Waals surface area contributed by atoms with Crippen LogP contribution >= 0.6 is 12.4 Å². The van der Waals surface area contributed by atoms with Gasteiger partial charge >= 0.3 is 0 Å². The molecule has 1 fully saturated rings. The molecule has 0 spiro atoms. The molecule has 0 saturated carbocycles. The molecule has 1 unspecified atom stereocenters. The fourth-order valence-corrected chi connectivity index (χ4v) is 2.87. The third-order valence-corrected chi connectivity index (χ3v) is 4.13. The van der Waals surface area contributed by atoms with Crippen LogP contribution in [-0.2, 0) is 0 Å². The summed E-state index contributed by atoms with van der Waals surface area (Å²) in [6.07, 6.45) is 1.84. The molecule has 1 N–H and O–H groups in total. The summed E-state index contributed by atoms with van der Waals surface area (Å²) >= 11 is 0. The van der Waals surface area contributed by atoms with Crippen molar-refractivity contribution in [3.63, 3.8) is 0 Å². The molecular formula is C16H24ClN3O5. The van der Waals surface area contributed by atoms with Crippen molar-refractivity contribution < 1.29 is 19.2 Å². The van der Waals surface area contributed by atoms with Crippen LogP contribution in [0, 0.1) is 10.1 Å². The van der Waals surface area contributed by atoms with Crippen molar-refractivity contribution in [3.05, 3.63) is 27.8 Å². The highest BCUT2D eigenvalue weighted by atomic mass is 35.5. The number of nitrogens with zero attached hydrogens (tertiary/aromatic N) is 2. The van der Waals surface area contributed by atoms with E-state index in [9.17, 15) is 14.9 Å². The Morgan fingerprint density at radius 3 is 2.72 bits per heavy atom. The minimum Gasteiger partial charge on any atom is -0.493 e. The highest BCUT2D eigenvalue weighted by Crippen LogP contribution is 2.35. The van der Waals surface area contributed by atoms with E-state index in [1.165, 1.54) is 19.2 Å². The number of nitrogens with one attached hydrogen (secondary N) is 1. The Balaban J connectivity index is 0.00000312. The Morgan fingerprint density at radius 1 is 1.44 bits per heavy atom. The molecule has 1 aliphatic rings. The first kappa shape index (κ1) is 21.0. The number of likely N-dealkylation sites (tertiary alicyclic amines) is 1. The third kappa shape index (κ3) is 4.73. The van der Waals surface area contributed by atoms with Gasteiger partial charge in [-0.25, -0.2) is 0 Å². The fourth-order valence-electron chi connectivity index (χ4n) is 2.87. The van der Waals surface area contributed by atoms with Gasteiger partial charge in [-0.1, -0.05) is 0 Å². The number of piperidine rings is 1. The maximum absolute atomic E-state index is 12.8. The van der Waals surface area contributed by atoms with Gasteiger partial charge in [-0.3, -0.25) is 14.9 Å². The van der Waals surface area contributed by atoms with Crippen molar-refractivity contribution in [3.8, 4) is 11.5 Å². The van der Waals surface area contributed by atoms with Crippen molar-refractivity contribution in [1.29, 1.82) is 0 Å². The number of nitro groups is 1. The molecule has 1 aromatic carbocycles. The SMILES string of the molecule is CCOc1cc([N+](=O)[O-])c(C(=O)N2CCCC(NC)C2)cc1OC.Cl. The van der Waals surface area contributed by atoms with Gasteiger partial charge in [-0.05, 0) is 26.8 Å². The van der Waals surface area contributed by atoms with E-state index in [2.05, 4.69) is 5.32 Å². The smallest absolute Gasteiger partial charge is 0.286 e. The van der Waals surface area contributed by atoms with Crippen LogP contribution in [0.1, 0.15) is 30.1 Å². The molecule has 0 radical (unpaired) electrons. The van der Waals surface area contributed by atoms with Crippen LogP contribution in [0.2, 0.25) is 0 Å². The highest BCUT2D eigenvalue weighted by molar-refractivity contribution is 5.99. The zero-order chi connectivity index (χ0) is 17.7. The van der Waals surface area contributed by atoms with Gasteiger partial charge in [0.2, 0.25) is 0 Å². The molecule has 0 aromatic heterocycles. The number of hydrogen-bond donors (Lipinski definition) is 1. The lowest BCUT2D eigenvalue weighted by Crippen LogP contribution is -2.47. The van der Waals surface area contributed by atoms with Gasteiger partial charge in [0.15, 0.2) is 11.5 Å². The van der Waals surface area contributed by atoms with Crippen LogP contribution in [0.5, 0.6) is 11.5 Å². The second kappa shape index (κ2) is 9.43. The van der Waals surface area contributed by atoms with Crippen molar-refractivity contribution in [2.45, 2.75) is 25.8 Å². The second-order valence-corrected chi connectivity index (χ2v) is 5.59. The quantitative estimate of drug-likeness (QED) is 0.607. The van der Waals surface area contributed by atoms with Crippen molar-refractivity contribution >= 4 is 24.0 Å². The summed E-state index contributed by atoms with van der Waals surface area (Å²) in [4.78, 5) is 25.3. The summed E-state index contributed by atoms with van der Waals surface area (Å²) < 4.78 is 10.6. The number of ether oxygens (including phenoxy) is 2. The molecule has 25 heavy (non-hydrogen) atoms. The second-order valence-electron chi connectivity index (χ2n) is 5.59. The maximum atomic E-state index is 12.8. The van der Waals surface area contributed by atoms with Crippen LogP contribution < -0.4 is 14.8 Å². The van der Waals surface area contributed by atoms with E-state index in [1.807, 2.05) is 7.05 Å². The third-order valence-electron chi connectivity index (χ3n) is 4.13. The maximum Gasteiger partial charge on any atom is 0.286 e. The monoisotopic (exact) mass is 373 g/mol. The number of likely N-dealkylation sites (N-methyl/N-ethyl adjacent to an activating group) is 1. The summed E-state index contributed by atoms with van der Waals surface area (Å²) in [5, 5.41) is 14.6. The Hall–Kier alpha value is -2.06. The Labute approximate surface area is 153 Å². The molecule has 2 rings (SSSR count). The van der Waals surface area contributed by atoms with E-state index >= 15 is 0 Å². The predicted octanol–water partition coefficient (Wildman–Crippen LogP) is 2.25. The van der Waals surface area contributed by atoms with Crippen LogP contribution in [0.4, 0.5) is 5.69 Å². The average molecular weight is 374 g/mol. The van der Waals surface area contributed by atoms with Crippen LogP contribution in [-0.4, -0.2) is 55.6 Å². The van der Waals surface area contributed by atoms with Crippen molar-refractivity contribution in [2.75, 3.05) is 33.9 Å². The Morgan fingerprint density at radius 2 is 2.16 bits per heavy atom. The minimum atomic E-state index is -0.561. The van der Waals surface area contributed by atoms with Crippen molar-refractivity contribution in [1.82, 2.24) is 10.2 Å². The molecule has 1 aliphatic heterocycles. The van der Waals surface area contributed by atoms with Crippen molar-refractivity contribution in [2.24, 2.45) is 0 Å². The molecular weight excluding hydrogens is 350 g/mol. The van der Waals surface area contributed by atoms with Gasteiger partial charge in [-0.15, -0.1) is 12.4 Å². The lowest BCUT2D eigenvalue weighted by atomic mass is 10.0. The van der Waals surface area contributed by atoms with Gasteiger partial charge in [0, 0.05) is 25.2 Å². The van der Waals surface area contributed by atoms with E-state index in [1.54, 1.807) is 11.8 Å². The van der Waals surface area contributed by atoms with Crippen LogP contribution in [0.3, 0.4) is 0 Å². The van der Waals surface area contributed by atoms with Gasteiger partial charge < -0.3 is 19.7 Å². The van der Waals surface area contributed by atoms with Crippen LogP contribution in [0.25, 0.3) is 0 Å². The molecule has 1 aromatic rings. The molecule has 1 amide bonds. The lowest BCUT2D eigenvalue weighted by Gasteiger charge is -2.32. The average Bonchev–Trinajstić information content (AvgIpc) is 2.61.